The average molecular weight is 553 g/mol. The first-order chi connectivity index (χ1) is 17.6. The Morgan fingerprint density at radius 2 is 1.65 bits per heavy atom. The van der Waals surface area contributed by atoms with Crippen molar-refractivity contribution in [1.29, 1.82) is 0 Å². The van der Waals surface area contributed by atoms with E-state index < -0.39 is 47.9 Å². The van der Waals surface area contributed by atoms with Crippen molar-refractivity contribution in [2.75, 3.05) is 17.8 Å². The lowest BCUT2D eigenvalue weighted by atomic mass is 10.0. The Morgan fingerprint density at radius 3 is 2.22 bits per heavy atom. The van der Waals surface area contributed by atoms with Gasteiger partial charge in [-0.1, -0.05) is 12.1 Å². The summed E-state index contributed by atoms with van der Waals surface area (Å²) < 4.78 is 0. The van der Waals surface area contributed by atoms with Crippen LogP contribution >= 0.6 is 24.4 Å². The van der Waals surface area contributed by atoms with E-state index >= 15 is 0 Å². The number of carboxylic acid groups (broad SMARTS) is 1. The van der Waals surface area contributed by atoms with Crippen molar-refractivity contribution in [3.8, 4) is 5.75 Å². The van der Waals surface area contributed by atoms with Crippen LogP contribution in [0.2, 0.25) is 0 Å². The highest BCUT2D eigenvalue weighted by Crippen LogP contribution is 2.12. The number of aromatic hydroxyl groups is 1. The van der Waals surface area contributed by atoms with Crippen molar-refractivity contribution in [3.63, 3.8) is 0 Å². The van der Waals surface area contributed by atoms with Gasteiger partial charge in [-0.15, -0.1) is 0 Å². The zero-order valence-electron chi connectivity index (χ0n) is 20.2. The minimum absolute atomic E-state index is 0.0198. The maximum Gasteiger partial charge on any atom is 0.326 e. The fraction of sp³-hybridized carbons (Fsp3) is 0.435. The Bertz CT molecular complexity index is 1040. The number of phenols is 1. The third kappa shape index (κ3) is 9.98. The normalized spacial score (nSPS) is 14.1. The van der Waals surface area contributed by atoms with Crippen LogP contribution < -0.4 is 21.7 Å². The first-order valence-corrected chi connectivity index (χ1v) is 13.4. The van der Waals surface area contributed by atoms with Crippen molar-refractivity contribution in [1.82, 2.24) is 25.9 Å². The van der Waals surface area contributed by atoms with Gasteiger partial charge in [0.25, 0.3) is 0 Å². The molecule has 37 heavy (non-hydrogen) atoms. The van der Waals surface area contributed by atoms with Crippen LogP contribution in [0.5, 0.6) is 5.75 Å². The van der Waals surface area contributed by atoms with E-state index in [-0.39, 0.29) is 30.8 Å². The van der Waals surface area contributed by atoms with Gasteiger partial charge in [0.05, 0.1) is 12.4 Å². The summed E-state index contributed by atoms with van der Waals surface area (Å²) in [6.07, 6.45) is 5.23. The Hall–Kier alpha value is -3.23. The summed E-state index contributed by atoms with van der Waals surface area (Å²) in [5.74, 6) is -2.65. The Labute approximate surface area is 224 Å². The molecule has 0 aliphatic carbocycles. The second kappa shape index (κ2) is 15.1. The van der Waals surface area contributed by atoms with Crippen LogP contribution in [0.1, 0.15) is 17.7 Å². The number of thiol groups is 1. The highest BCUT2D eigenvalue weighted by molar-refractivity contribution is 7.98. The van der Waals surface area contributed by atoms with Crippen molar-refractivity contribution >= 4 is 48.1 Å². The largest absolute Gasteiger partial charge is 0.508 e. The molecule has 0 saturated carbocycles. The lowest BCUT2D eigenvalue weighted by molar-refractivity contribution is -0.142. The number of benzene rings is 1. The van der Waals surface area contributed by atoms with Crippen LogP contribution in [-0.2, 0) is 32.0 Å². The van der Waals surface area contributed by atoms with Gasteiger partial charge in [-0.25, -0.2) is 9.78 Å². The van der Waals surface area contributed by atoms with E-state index in [1.54, 1.807) is 12.1 Å². The van der Waals surface area contributed by atoms with E-state index in [4.69, 9.17) is 5.73 Å². The van der Waals surface area contributed by atoms with Gasteiger partial charge in [-0.2, -0.15) is 24.4 Å². The molecule has 2 aromatic rings. The molecule has 0 radical (unpaired) electrons. The number of carbonyl (C=O) groups excluding carboxylic acids is 3. The first-order valence-electron chi connectivity index (χ1n) is 11.4. The molecule has 1 aromatic carbocycles. The molecule has 202 valence electrons. The number of amides is 3. The molecular weight excluding hydrogens is 520 g/mol. The summed E-state index contributed by atoms with van der Waals surface area (Å²) in [7, 11) is 0. The summed E-state index contributed by atoms with van der Waals surface area (Å²) in [6.45, 7) is 0. The number of carbonyl (C=O) groups is 4. The molecule has 0 spiro atoms. The van der Waals surface area contributed by atoms with Gasteiger partial charge in [-0.3, -0.25) is 14.4 Å². The molecule has 2 rings (SSSR count). The quantitative estimate of drug-likeness (QED) is 0.134. The summed E-state index contributed by atoms with van der Waals surface area (Å²) in [5, 5.41) is 26.6. The van der Waals surface area contributed by atoms with Gasteiger partial charge in [0, 0.05) is 30.5 Å². The molecule has 0 fully saturated rings. The number of nitrogens with one attached hydrogen (secondary N) is 4. The van der Waals surface area contributed by atoms with Crippen LogP contribution in [0.4, 0.5) is 0 Å². The van der Waals surface area contributed by atoms with E-state index in [1.165, 1.54) is 36.4 Å². The molecule has 12 nitrogen and oxygen atoms in total. The highest BCUT2D eigenvalue weighted by atomic mass is 32.2. The standard InChI is InChI=1S/C23H32N6O6S2/c1-37-7-6-17(21(32)28-18(23(34)35)8-13-2-4-15(30)5-3-13)27-22(33)19(11-36)29-20(31)16(24)9-14-10-25-12-26-14/h2-5,10,12,16-19,30,36H,6-9,11,24H2,1H3,(H,25,26)(H,27,33)(H,28,32)(H,29,31)(H,34,35)/t16-,17-,18-,19-/m0/s1. The van der Waals surface area contributed by atoms with E-state index in [2.05, 4.69) is 38.5 Å². The van der Waals surface area contributed by atoms with Gasteiger partial charge in [-0.05, 0) is 36.1 Å². The number of rotatable bonds is 15. The van der Waals surface area contributed by atoms with Gasteiger partial charge in [0.1, 0.15) is 23.9 Å². The molecule has 1 heterocycles. The predicted octanol–water partition coefficient (Wildman–Crippen LogP) is -0.550. The monoisotopic (exact) mass is 552 g/mol. The molecule has 3 amide bonds. The number of aromatic nitrogens is 2. The Kier molecular flexibility index (Phi) is 12.3. The van der Waals surface area contributed by atoms with E-state index in [0.717, 1.165) is 0 Å². The van der Waals surface area contributed by atoms with Crippen LogP contribution in [0.15, 0.2) is 36.8 Å². The smallest absolute Gasteiger partial charge is 0.326 e. The molecule has 0 unspecified atom stereocenters. The minimum Gasteiger partial charge on any atom is -0.508 e. The van der Waals surface area contributed by atoms with Crippen molar-refractivity contribution < 1.29 is 29.4 Å². The second-order valence-electron chi connectivity index (χ2n) is 8.24. The SMILES string of the molecule is CSCC[C@H](NC(=O)[C@H](CS)NC(=O)[C@@H](N)Cc1cnc[nH]1)C(=O)N[C@@H](Cc1ccc(O)cc1)C(=O)O. The fourth-order valence-electron chi connectivity index (χ4n) is 3.32. The van der Waals surface area contributed by atoms with Crippen molar-refractivity contribution in [3.05, 3.63) is 48.0 Å². The summed E-state index contributed by atoms with van der Waals surface area (Å²) in [4.78, 5) is 56.9. The third-order valence-corrected chi connectivity index (χ3v) is 6.39. The Balaban J connectivity index is 2.03. The van der Waals surface area contributed by atoms with Crippen LogP contribution in [0.25, 0.3) is 0 Å². The number of imidazole rings is 1. The minimum atomic E-state index is -1.26. The van der Waals surface area contributed by atoms with Crippen LogP contribution in [0.3, 0.4) is 0 Å². The molecule has 0 aliphatic rings. The number of H-pyrrole nitrogens is 1. The van der Waals surface area contributed by atoms with Crippen LogP contribution in [-0.4, -0.2) is 85.8 Å². The van der Waals surface area contributed by atoms with Gasteiger partial charge in [0.15, 0.2) is 0 Å². The molecule has 8 N–H and O–H groups in total. The lowest BCUT2D eigenvalue weighted by Crippen LogP contribution is -2.58. The van der Waals surface area contributed by atoms with E-state index in [0.29, 0.717) is 17.0 Å². The number of hydrogen-bond donors (Lipinski definition) is 8. The molecule has 0 aliphatic heterocycles. The topological polar surface area (TPSA) is 200 Å². The molecule has 1 aromatic heterocycles. The van der Waals surface area contributed by atoms with Crippen molar-refractivity contribution in [2.24, 2.45) is 5.73 Å². The zero-order chi connectivity index (χ0) is 27.4. The molecule has 0 bridgehead atoms. The van der Waals surface area contributed by atoms with Crippen molar-refractivity contribution in [2.45, 2.75) is 43.4 Å². The molecular formula is C23H32N6O6S2. The number of phenolic OH excluding ortho intramolecular Hbond substituents is 1. The number of aromatic amines is 1. The van der Waals surface area contributed by atoms with Crippen LogP contribution in [0, 0.1) is 0 Å². The number of aliphatic carboxylic acids is 1. The zero-order valence-corrected chi connectivity index (χ0v) is 21.9. The second-order valence-corrected chi connectivity index (χ2v) is 9.59. The number of carboxylic acids is 1. The van der Waals surface area contributed by atoms with Gasteiger partial charge in [0.2, 0.25) is 17.7 Å². The van der Waals surface area contributed by atoms with Gasteiger partial charge < -0.3 is 36.9 Å². The van der Waals surface area contributed by atoms with Gasteiger partial charge >= 0.3 is 5.97 Å². The summed E-state index contributed by atoms with van der Waals surface area (Å²) in [5.41, 5.74) is 7.18. The number of nitrogens with zero attached hydrogens (tertiary/aromatic N) is 1. The fourth-order valence-corrected chi connectivity index (χ4v) is 4.04. The summed E-state index contributed by atoms with van der Waals surface area (Å²) >= 11 is 5.60. The lowest BCUT2D eigenvalue weighted by Gasteiger charge is -2.24. The molecule has 0 saturated heterocycles. The molecule has 14 heteroatoms. The number of hydrogen-bond acceptors (Lipinski definition) is 9. The third-order valence-electron chi connectivity index (χ3n) is 5.38. The van der Waals surface area contributed by atoms with E-state index in [9.17, 15) is 29.4 Å². The van der Waals surface area contributed by atoms with E-state index in [1.807, 2.05) is 6.26 Å². The highest BCUT2D eigenvalue weighted by Gasteiger charge is 2.30. The maximum absolute atomic E-state index is 13.0. The predicted molar refractivity (Wildman–Crippen MR) is 142 cm³/mol. The first kappa shape index (κ1) is 30.0. The molecule has 4 atom stereocenters. The maximum atomic E-state index is 13.0. The number of nitrogens with two attached hydrogens (primary N) is 1. The number of thioether (sulfide) groups is 1. The summed E-state index contributed by atoms with van der Waals surface area (Å²) in [6, 6.07) is 1.64. The average Bonchev–Trinajstić information content (AvgIpc) is 3.38. The Morgan fingerprint density at radius 1 is 1.03 bits per heavy atom.